The van der Waals surface area contributed by atoms with Gasteiger partial charge in [-0.3, -0.25) is 9.69 Å². The van der Waals surface area contributed by atoms with Crippen LogP contribution in [0.1, 0.15) is 43.5 Å². The summed E-state index contributed by atoms with van der Waals surface area (Å²) in [5, 5.41) is 3.49. The van der Waals surface area contributed by atoms with Crippen molar-refractivity contribution in [2.24, 2.45) is 0 Å². The fourth-order valence-electron chi connectivity index (χ4n) is 2.68. The molecular formula is C16H22BrClN2O. The molecule has 1 saturated heterocycles. The van der Waals surface area contributed by atoms with Gasteiger partial charge in [0, 0.05) is 16.6 Å². The molecule has 1 fully saturated rings. The van der Waals surface area contributed by atoms with Gasteiger partial charge >= 0.3 is 0 Å². The third-order valence-electron chi connectivity index (χ3n) is 4.07. The lowest BCUT2D eigenvalue weighted by Gasteiger charge is -2.41. The topological polar surface area (TPSA) is 32.3 Å². The minimum atomic E-state index is -0.113. The molecule has 0 aliphatic carbocycles. The molecule has 0 atom stereocenters. The number of nitrogens with one attached hydrogen (secondary N) is 1. The van der Waals surface area contributed by atoms with Gasteiger partial charge in [0.25, 0.3) is 5.91 Å². The number of likely N-dealkylation sites (tertiary alicyclic amines) is 1. The number of amides is 1. The van der Waals surface area contributed by atoms with Crippen molar-refractivity contribution in [3.8, 4) is 0 Å². The number of carbonyl (C=O) groups excluding carboxylic acids is 1. The van der Waals surface area contributed by atoms with Crippen molar-refractivity contribution in [3.63, 3.8) is 0 Å². The van der Waals surface area contributed by atoms with E-state index in [1.807, 2.05) is 6.07 Å². The Bertz CT molecular complexity index is 513. The Labute approximate surface area is 140 Å². The molecule has 21 heavy (non-hydrogen) atoms. The molecule has 1 aliphatic heterocycles. The predicted molar refractivity (Wildman–Crippen MR) is 91.0 cm³/mol. The summed E-state index contributed by atoms with van der Waals surface area (Å²) in [5.74, 6) is -0.113. The van der Waals surface area contributed by atoms with Crippen LogP contribution < -0.4 is 5.32 Å². The van der Waals surface area contributed by atoms with Crippen LogP contribution in [0.15, 0.2) is 22.7 Å². The first-order valence-corrected chi connectivity index (χ1v) is 8.55. The Kier molecular flexibility index (Phi) is 5.69. The summed E-state index contributed by atoms with van der Waals surface area (Å²) >= 11 is 9.47. The molecule has 116 valence electrons. The van der Waals surface area contributed by atoms with Crippen molar-refractivity contribution in [1.29, 1.82) is 0 Å². The van der Waals surface area contributed by atoms with Crippen LogP contribution in [-0.2, 0) is 0 Å². The van der Waals surface area contributed by atoms with Gasteiger partial charge in [-0.25, -0.2) is 0 Å². The van der Waals surface area contributed by atoms with Crippen molar-refractivity contribution >= 4 is 33.4 Å². The van der Waals surface area contributed by atoms with E-state index in [2.05, 4.69) is 40.0 Å². The zero-order chi connectivity index (χ0) is 15.5. The molecule has 5 heteroatoms. The number of piperidine rings is 1. The monoisotopic (exact) mass is 372 g/mol. The van der Waals surface area contributed by atoms with Crippen LogP contribution >= 0.6 is 27.5 Å². The number of halogens is 2. The molecule has 0 bridgehead atoms. The molecule has 1 N–H and O–H groups in total. The van der Waals surface area contributed by atoms with Crippen molar-refractivity contribution in [1.82, 2.24) is 10.2 Å². The highest BCUT2D eigenvalue weighted by Crippen LogP contribution is 2.22. The first kappa shape index (κ1) is 16.8. The van der Waals surface area contributed by atoms with Crippen LogP contribution in [0.4, 0.5) is 0 Å². The fourth-order valence-corrected chi connectivity index (χ4v) is 3.44. The highest BCUT2D eigenvalue weighted by atomic mass is 79.9. The molecule has 3 nitrogen and oxygen atoms in total. The molecule has 0 unspecified atom stereocenters. The molecule has 1 amide bonds. The average molecular weight is 374 g/mol. The lowest BCUT2D eigenvalue weighted by Crippen LogP contribution is -2.53. The molecule has 0 radical (unpaired) electrons. The second kappa shape index (κ2) is 7.12. The van der Waals surface area contributed by atoms with Gasteiger partial charge in [0.1, 0.15) is 0 Å². The largest absolute Gasteiger partial charge is 0.350 e. The standard InChI is InChI=1S/C16H22BrClN2O/c1-16(2,20-8-4-3-5-9-20)11-19-15(21)13-7-6-12(17)10-14(13)18/h6-7,10H,3-5,8-9,11H2,1-2H3,(H,19,21). The Morgan fingerprint density at radius 1 is 1.33 bits per heavy atom. The van der Waals surface area contributed by atoms with E-state index in [1.54, 1.807) is 12.1 Å². The molecule has 0 spiro atoms. The second-order valence-corrected chi connectivity index (χ2v) is 7.49. The van der Waals surface area contributed by atoms with Gasteiger partial charge in [-0.05, 0) is 58.0 Å². The van der Waals surface area contributed by atoms with E-state index < -0.39 is 0 Å². The van der Waals surface area contributed by atoms with Gasteiger partial charge < -0.3 is 5.32 Å². The first-order chi connectivity index (χ1) is 9.90. The van der Waals surface area contributed by atoms with E-state index in [0.29, 0.717) is 17.1 Å². The Morgan fingerprint density at radius 2 is 2.00 bits per heavy atom. The lowest BCUT2D eigenvalue weighted by molar-refractivity contribution is 0.0797. The summed E-state index contributed by atoms with van der Waals surface area (Å²) in [5.41, 5.74) is 0.493. The van der Waals surface area contributed by atoms with Crippen LogP contribution in [0.25, 0.3) is 0 Å². The van der Waals surface area contributed by atoms with E-state index in [0.717, 1.165) is 17.6 Å². The molecule has 1 heterocycles. The first-order valence-electron chi connectivity index (χ1n) is 7.38. The number of nitrogens with zero attached hydrogens (tertiary/aromatic N) is 1. The summed E-state index contributed by atoms with van der Waals surface area (Å²) in [6.45, 7) is 7.21. The molecule has 1 aliphatic rings. The fraction of sp³-hybridized carbons (Fsp3) is 0.562. The van der Waals surface area contributed by atoms with Crippen molar-refractivity contribution in [3.05, 3.63) is 33.3 Å². The predicted octanol–water partition coefficient (Wildman–Crippen LogP) is 4.10. The van der Waals surface area contributed by atoms with Gasteiger partial charge in [-0.15, -0.1) is 0 Å². The molecular weight excluding hydrogens is 352 g/mol. The highest BCUT2D eigenvalue weighted by Gasteiger charge is 2.28. The summed E-state index contributed by atoms with van der Waals surface area (Å²) < 4.78 is 0.873. The molecule has 2 rings (SSSR count). The Morgan fingerprint density at radius 3 is 2.62 bits per heavy atom. The van der Waals surface area contributed by atoms with Crippen LogP contribution in [0, 0.1) is 0 Å². The van der Waals surface area contributed by atoms with E-state index in [4.69, 9.17) is 11.6 Å². The molecule has 0 aromatic heterocycles. The summed E-state index contributed by atoms with van der Waals surface area (Å²) in [4.78, 5) is 14.7. The molecule has 1 aromatic carbocycles. The smallest absolute Gasteiger partial charge is 0.252 e. The van der Waals surface area contributed by atoms with E-state index in [1.165, 1.54) is 19.3 Å². The lowest BCUT2D eigenvalue weighted by atomic mass is 9.98. The van der Waals surface area contributed by atoms with E-state index in [-0.39, 0.29) is 11.4 Å². The van der Waals surface area contributed by atoms with E-state index >= 15 is 0 Å². The molecule has 0 saturated carbocycles. The SMILES string of the molecule is CC(C)(CNC(=O)c1ccc(Br)cc1Cl)N1CCCCC1. The van der Waals surface area contributed by atoms with Gasteiger partial charge in [0.05, 0.1) is 10.6 Å². The highest BCUT2D eigenvalue weighted by molar-refractivity contribution is 9.10. The third-order valence-corrected chi connectivity index (χ3v) is 4.88. The van der Waals surface area contributed by atoms with Gasteiger partial charge in [-0.2, -0.15) is 0 Å². The number of hydrogen-bond acceptors (Lipinski definition) is 2. The normalized spacial score (nSPS) is 16.8. The van der Waals surface area contributed by atoms with E-state index in [9.17, 15) is 4.79 Å². The zero-order valence-corrected chi connectivity index (χ0v) is 14.9. The minimum Gasteiger partial charge on any atom is -0.350 e. The van der Waals surface area contributed by atoms with Gasteiger partial charge in [-0.1, -0.05) is 34.0 Å². The summed E-state index contributed by atoms with van der Waals surface area (Å²) in [6.07, 6.45) is 3.80. The van der Waals surface area contributed by atoms with Crippen LogP contribution in [-0.4, -0.2) is 36.0 Å². The summed E-state index contributed by atoms with van der Waals surface area (Å²) in [7, 11) is 0. The third kappa shape index (κ3) is 4.44. The van der Waals surface area contributed by atoms with Gasteiger partial charge in [0.2, 0.25) is 0 Å². The number of benzene rings is 1. The minimum absolute atomic E-state index is 0.0298. The number of carbonyl (C=O) groups is 1. The van der Waals surface area contributed by atoms with Crippen molar-refractivity contribution < 1.29 is 4.79 Å². The Hall–Kier alpha value is -0.580. The summed E-state index contributed by atoms with van der Waals surface area (Å²) in [6, 6.07) is 5.32. The Balaban J connectivity index is 1.96. The van der Waals surface area contributed by atoms with Crippen LogP contribution in [0.5, 0.6) is 0 Å². The van der Waals surface area contributed by atoms with Crippen molar-refractivity contribution in [2.45, 2.75) is 38.6 Å². The maximum atomic E-state index is 12.3. The number of rotatable bonds is 4. The molecule has 1 aromatic rings. The van der Waals surface area contributed by atoms with Crippen LogP contribution in [0.2, 0.25) is 5.02 Å². The van der Waals surface area contributed by atoms with Crippen LogP contribution in [0.3, 0.4) is 0 Å². The van der Waals surface area contributed by atoms with Gasteiger partial charge in [0.15, 0.2) is 0 Å². The van der Waals surface area contributed by atoms with Crippen molar-refractivity contribution in [2.75, 3.05) is 19.6 Å². The second-order valence-electron chi connectivity index (χ2n) is 6.17. The maximum Gasteiger partial charge on any atom is 0.252 e. The number of hydrogen-bond donors (Lipinski definition) is 1. The maximum absolute atomic E-state index is 12.3. The quantitative estimate of drug-likeness (QED) is 0.862. The average Bonchev–Trinajstić information content (AvgIpc) is 2.46. The zero-order valence-electron chi connectivity index (χ0n) is 12.6.